The summed E-state index contributed by atoms with van der Waals surface area (Å²) in [6, 6.07) is 17.3. The molecule has 0 saturated heterocycles. The molecule has 3 aromatic rings. The molecule has 1 fully saturated rings. The molecule has 4 rings (SSSR count). The molecule has 2 aromatic carbocycles. The largest absolute Gasteiger partial charge is 0.437 e. The van der Waals surface area contributed by atoms with Gasteiger partial charge in [0.2, 0.25) is 12.3 Å². The number of halogens is 1. The number of benzene rings is 2. The Labute approximate surface area is 179 Å². The molecule has 156 valence electrons. The maximum atomic E-state index is 13.2. The van der Waals surface area contributed by atoms with Gasteiger partial charge in [0.1, 0.15) is 11.6 Å². The summed E-state index contributed by atoms with van der Waals surface area (Å²) < 4.78 is 21.2. The molecular weight excluding hydrogens is 395 g/mol. The predicted octanol–water partition coefficient (Wildman–Crippen LogP) is 4.99. The molecule has 6 nitrogen and oxygen atoms in total. The van der Waals surface area contributed by atoms with E-state index in [1.807, 2.05) is 42.6 Å². The molecule has 2 N–H and O–H groups in total. The fourth-order valence-corrected chi connectivity index (χ4v) is 3.17. The Kier molecular flexibility index (Phi) is 6.03. The van der Waals surface area contributed by atoms with Gasteiger partial charge in [-0.3, -0.25) is 10.2 Å². The lowest BCUT2D eigenvalue weighted by atomic mass is 10.2. The molecule has 31 heavy (non-hydrogen) atoms. The number of ether oxygens (including phenoxy) is 1. The average molecular weight is 416 g/mol. The fourth-order valence-electron chi connectivity index (χ4n) is 3.17. The second-order valence-electron chi connectivity index (χ2n) is 7.10. The molecule has 0 aliphatic heterocycles. The number of amides is 1. The summed E-state index contributed by atoms with van der Waals surface area (Å²) in [6.07, 6.45) is 7.83. The SMILES string of the molecule is N=C(O/C(=C/Nc1c(C=NC=O)ccn1C1CC1)c1ccccc1)c1ccc(F)cc1. The molecule has 0 bridgehead atoms. The summed E-state index contributed by atoms with van der Waals surface area (Å²) in [5, 5.41) is 11.6. The van der Waals surface area contributed by atoms with E-state index in [1.54, 1.807) is 6.20 Å². The van der Waals surface area contributed by atoms with Gasteiger partial charge in [0.15, 0.2) is 5.76 Å². The van der Waals surface area contributed by atoms with Crippen molar-refractivity contribution in [1.29, 1.82) is 5.41 Å². The number of rotatable bonds is 8. The van der Waals surface area contributed by atoms with Crippen LogP contribution in [-0.4, -0.2) is 23.1 Å². The molecule has 0 unspecified atom stereocenters. The second kappa shape index (κ2) is 9.21. The van der Waals surface area contributed by atoms with Crippen molar-refractivity contribution in [3.8, 4) is 0 Å². The first-order chi connectivity index (χ1) is 15.2. The van der Waals surface area contributed by atoms with E-state index in [2.05, 4.69) is 14.9 Å². The molecule has 0 atom stereocenters. The van der Waals surface area contributed by atoms with Crippen molar-refractivity contribution < 1.29 is 13.9 Å². The van der Waals surface area contributed by atoms with Crippen LogP contribution in [0.1, 0.15) is 35.6 Å². The zero-order valence-electron chi connectivity index (χ0n) is 16.7. The van der Waals surface area contributed by atoms with E-state index in [-0.39, 0.29) is 11.7 Å². The van der Waals surface area contributed by atoms with Crippen LogP contribution in [0.2, 0.25) is 0 Å². The van der Waals surface area contributed by atoms with Gasteiger partial charge in [0, 0.05) is 41.3 Å². The lowest BCUT2D eigenvalue weighted by molar-refractivity contribution is -0.106. The van der Waals surface area contributed by atoms with Gasteiger partial charge in [0.25, 0.3) is 0 Å². The van der Waals surface area contributed by atoms with Crippen molar-refractivity contribution in [2.45, 2.75) is 18.9 Å². The van der Waals surface area contributed by atoms with Crippen LogP contribution in [0.3, 0.4) is 0 Å². The van der Waals surface area contributed by atoms with Gasteiger partial charge in [-0.05, 0) is 43.2 Å². The first-order valence-electron chi connectivity index (χ1n) is 9.88. The quantitative estimate of drug-likeness (QED) is 0.235. The smallest absolute Gasteiger partial charge is 0.232 e. The minimum Gasteiger partial charge on any atom is -0.437 e. The van der Waals surface area contributed by atoms with Gasteiger partial charge in [-0.15, -0.1) is 0 Å². The van der Waals surface area contributed by atoms with E-state index in [9.17, 15) is 9.18 Å². The highest BCUT2D eigenvalue weighted by molar-refractivity contribution is 5.95. The maximum Gasteiger partial charge on any atom is 0.232 e. The van der Waals surface area contributed by atoms with Crippen LogP contribution in [0.5, 0.6) is 0 Å². The highest BCUT2D eigenvalue weighted by Gasteiger charge is 2.26. The fraction of sp³-hybridized carbons (Fsp3) is 0.125. The number of hydrogen-bond donors (Lipinski definition) is 2. The molecule has 0 spiro atoms. The third-order valence-electron chi connectivity index (χ3n) is 4.88. The van der Waals surface area contributed by atoms with Crippen molar-refractivity contribution in [3.63, 3.8) is 0 Å². The molecule has 1 saturated carbocycles. The van der Waals surface area contributed by atoms with Gasteiger partial charge in [-0.25, -0.2) is 9.38 Å². The predicted molar refractivity (Wildman–Crippen MR) is 119 cm³/mol. The van der Waals surface area contributed by atoms with E-state index in [1.165, 1.54) is 30.5 Å². The number of anilines is 1. The topological polar surface area (TPSA) is 79.5 Å². The number of nitrogens with one attached hydrogen (secondary N) is 2. The lowest BCUT2D eigenvalue weighted by Crippen LogP contribution is -2.08. The lowest BCUT2D eigenvalue weighted by Gasteiger charge is -2.14. The summed E-state index contributed by atoms with van der Waals surface area (Å²) in [6.45, 7) is 0. The molecule has 1 amide bonds. The number of carbonyl (C=O) groups is 1. The summed E-state index contributed by atoms with van der Waals surface area (Å²) in [5.41, 5.74) is 2.01. The van der Waals surface area contributed by atoms with Crippen molar-refractivity contribution in [1.82, 2.24) is 4.57 Å². The van der Waals surface area contributed by atoms with E-state index >= 15 is 0 Å². The average Bonchev–Trinajstić information content (AvgIpc) is 3.56. The Morgan fingerprint density at radius 1 is 1.10 bits per heavy atom. The maximum absolute atomic E-state index is 13.2. The Balaban J connectivity index is 1.64. The van der Waals surface area contributed by atoms with Gasteiger partial charge >= 0.3 is 0 Å². The van der Waals surface area contributed by atoms with Crippen LogP contribution in [0.4, 0.5) is 10.2 Å². The standard InChI is InChI=1S/C24H21FN4O2/c25-20-8-6-18(7-9-20)23(26)31-22(17-4-2-1-3-5-17)15-28-24-19(14-27-16-30)12-13-29(24)21-10-11-21/h1-9,12-16,21,26,28H,10-11H2/b22-15+,26-23?,27-14?. The zero-order chi connectivity index (χ0) is 21.6. The van der Waals surface area contributed by atoms with Crippen molar-refractivity contribution >= 4 is 30.1 Å². The number of aromatic nitrogens is 1. The monoisotopic (exact) mass is 416 g/mol. The normalized spacial score (nSPS) is 13.9. The first-order valence-corrected chi connectivity index (χ1v) is 9.88. The van der Waals surface area contributed by atoms with Crippen LogP contribution < -0.4 is 5.32 Å². The molecule has 7 heteroatoms. The Morgan fingerprint density at radius 3 is 2.52 bits per heavy atom. The molecule has 1 aliphatic carbocycles. The summed E-state index contributed by atoms with van der Waals surface area (Å²) in [4.78, 5) is 14.4. The van der Waals surface area contributed by atoms with Crippen molar-refractivity contribution in [3.05, 3.63) is 95.6 Å². The van der Waals surface area contributed by atoms with Crippen LogP contribution in [0.25, 0.3) is 5.76 Å². The summed E-state index contributed by atoms with van der Waals surface area (Å²) in [5.74, 6) is 0.745. The number of carbonyl (C=O) groups excluding carboxylic acids is 1. The minimum atomic E-state index is -0.373. The Morgan fingerprint density at radius 2 is 1.84 bits per heavy atom. The van der Waals surface area contributed by atoms with Gasteiger partial charge < -0.3 is 14.6 Å². The van der Waals surface area contributed by atoms with Crippen LogP contribution in [-0.2, 0) is 9.53 Å². The minimum absolute atomic E-state index is 0.0998. The van der Waals surface area contributed by atoms with Crippen LogP contribution in [0, 0.1) is 11.2 Å². The van der Waals surface area contributed by atoms with Crippen molar-refractivity contribution in [2.75, 3.05) is 5.32 Å². The van der Waals surface area contributed by atoms with E-state index in [4.69, 9.17) is 10.1 Å². The molecule has 1 aliphatic rings. The van der Waals surface area contributed by atoms with Gasteiger partial charge in [-0.1, -0.05) is 30.3 Å². The molecular formula is C24H21FN4O2. The molecule has 1 heterocycles. The summed E-state index contributed by atoms with van der Waals surface area (Å²) in [7, 11) is 0. The van der Waals surface area contributed by atoms with Gasteiger partial charge in [-0.2, -0.15) is 0 Å². The molecule has 1 aromatic heterocycles. The third kappa shape index (κ3) is 4.95. The number of hydrogen-bond acceptors (Lipinski definition) is 4. The highest BCUT2D eigenvalue weighted by Crippen LogP contribution is 2.38. The van der Waals surface area contributed by atoms with Gasteiger partial charge in [0.05, 0.1) is 0 Å². The number of aliphatic imine (C=N–C) groups is 1. The van der Waals surface area contributed by atoms with Crippen LogP contribution >= 0.6 is 0 Å². The Bertz CT molecular complexity index is 1130. The highest BCUT2D eigenvalue weighted by atomic mass is 19.1. The molecule has 0 radical (unpaired) electrons. The Hall–Kier alpha value is -4.00. The first kappa shape index (κ1) is 20.3. The summed E-state index contributed by atoms with van der Waals surface area (Å²) >= 11 is 0. The van der Waals surface area contributed by atoms with E-state index < -0.39 is 0 Å². The van der Waals surface area contributed by atoms with E-state index in [0.717, 1.165) is 29.8 Å². The number of nitrogens with zero attached hydrogens (tertiary/aromatic N) is 2. The van der Waals surface area contributed by atoms with Crippen LogP contribution in [0.15, 0.2) is 78.1 Å². The zero-order valence-corrected chi connectivity index (χ0v) is 16.7. The van der Waals surface area contributed by atoms with E-state index in [0.29, 0.717) is 23.8 Å². The second-order valence-corrected chi connectivity index (χ2v) is 7.10. The third-order valence-corrected chi connectivity index (χ3v) is 4.88. The van der Waals surface area contributed by atoms with Crippen molar-refractivity contribution in [2.24, 2.45) is 4.99 Å².